The molecule has 0 bridgehead atoms. The summed E-state index contributed by atoms with van der Waals surface area (Å²) in [5, 5.41) is 3.80. The van der Waals surface area contributed by atoms with Gasteiger partial charge in [-0.2, -0.15) is 0 Å². The van der Waals surface area contributed by atoms with Gasteiger partial charge in [0.1, 0.15) is 0 Å². The van der Waals surface area contributed by atoms with Gasteiger partial charge in [0, 0.05) is 25.3 Å². The van der Waals surface area contributed by atoms with Crippen molar-refractivity contribution in [1.29, 1.82) is 0 Å². The summed E-state index contributed by atoms with van der Waals surface area (Å²) in [6, 6.07) is 1.54. The van der Waals surface area contributed by atoms with E-state index in [2.05, 4.69) is 12.2 Å². The highest BCUT2D eigenvalue weighted by molar-refractivity contribution is 4.80. The molecule has 2 heteroatoms. The molecular formula is C12H23NO. The molecule has 2 aliphatic rings. The molecule has 0 atom stereocenters. The fraction of sp³-hybridized carbons (Fsp3) is 1.00. The Labute approximate surface area is 87.4 Å². The molecule has 0 aromatic carbocycles. The van der Waals surface area contributed by atoms with Crippen LogP contribution in [0.4, 0.5) is 0 Å². The average Bonchev–Trinajstić information content (AvgIpc) is 2.23. The van der Waals surface area contributed by atoms with Gasteiger partial charge in [0.2, 0.25) is 0 Å². The first-order chi connectivity index (χ1) is 6.84. The molecule has 82 valence electrons. The van der Waals surface area contributed by atoms with Crippen LogP contribution in [-0.4, -0.2) is 25.3 Å². The molecule has 2 rings (SSSR count). The van der Waals surface area contributed by atoms with E-state index in [1.54, 1.807) is 0 Å². The molecule has 2 nitrogen and oxygen atoms in total. The lowest BCUT2D eigenvalue weighted by Crippen LogP contribution is -2.43. The Bertz CT molecular complexity index is 158. The highest BCUT2D eigenvalue weighted by atomic mass is 16.5. The van der Waals surface area contributed by atoms with Gasteiger partial charge >= 0.3 is 0 Å². The monoisotopic (exact) mass is 197 g/mol. The normalized spacial score (nSPS) is 35.8. The third kappa shape index (κ3) is 2.96. The van der Waals surface area contributed by atoms with Gasteiger partial charge < -0.3 is 10.1 Å². The minimum absolute atomic E-state index is 0.738. The van der Waals surface area contributed by atoms with Gasteiger partial charge in [-0.05, 0) is 44.4 Å². The summed E-state index contributed by atoms with van der Waals surface area (Å²) in [5.74, 6) is 0.961. The first-order valence-corrected chi connectivity index (χ1v) is 6.18. The number of nitrogens with one attached hydrogen (secondary N) is 1. The fourth-order valence-corrected chi connectivity index (χ4v) is 2.62. The van der Waals surface area contributed by atoms with Crippen LogP contribution in [0.15, 0.2) is 0 Å². The maximum absolute atomic E-state index is 5.37. The van der Waals surface area contributed by atoms with Crippen molar-refractivity contribution >= 4 is 0 Å². The Kier molecular flexibility index (Phi) is 3.82. The van der Waals surface area contributed by atoms with Crippen molar-refractivity contribution in [2.75, 3.05) is 13.2 Å². The van der Waals surface area contributed by atoms with Gasteiger partial charge in [-0.15, -0.1) is 0 Å². The van der Waals surface area contributed by atoms with E-state index in [0.717, 1.165) is 31.2 Å². The molecule has 0 aromatic heterocycles. The largest absolute Gasteiger partial charge is 0.381 e. The first-order valence-electron chi connectivity index (χ1n) is 6.18. The predicted octanol–water partition coefficient (Wildman–Crippen LogP) is 2.33. The quantitative estimate of drug-likeness (QED) is 0.733. The van der Waals surface area contributed by atoms with E-state index in [1.807, 2.05) is 0 Å². The van der Waals surface area contributed by atoms with Crippen molar-refractivity contribution in [2.45, 2.75) is 57.5 Å². The summed E-state index contributed by atoms with van der Waals surface area (Å²) in [6.45, 7) is 4.30. The number of hydrogen-bond donors (Lipinski definition) is 1. The van der Waals surface area contributed by atoms with Gasteiger partial charge in [-0.25, -0.2) is 0 Å². The second kappa shape index (κ2) is 5.13. The fourth-order valence-electron chi connectivity index (χ4n) is 2.62. The van der Waals surface area contributed by atoms with Gasteiger partial charge in [0.05, 0.1) is 0 Å². The van der Waals surface area contributed by atoms with Gasteiger partial charge in [-0.3, -0.25) is 0 Å². The van der Waals surface area contributed by atoms with Crippen molar-refractivity contribution < 1.29 is 4.74 Å². The Hall–Kier alpha value is -0.0800. The summed E-state index contributed by atoms with van der Waals surface area (Å²) in [7, 11) is 0. The average molecular weight is 197 g/mol. The van der Waals surface area contributed by atoms with Crippen molar-refractivity contribution in [3.05, 3.63) is 0 Å². The van der Waals surface area contributed by atoms with E-state index in [-0.39, 0.29) is 0 Å². The van der Waals surface area contributed by atoms with Crippen LogP contribution in [0.1, 0.15) is 45.4 Å². The minimum Gasteiger partial charge on any atom is -0.381 e. The summed E-state index contributed by atoms with van der Waals surface area (Å²) in [5.41, 5.74) is 0. The highest BCUT2D eigenvalue weighted by Crippen LogP contribution is 2.24. The summed E-state index contributed by atoms with van der Waals surface area (Å²) >= 11 is 0. The van der Waals surface area contributed by atoms with Crippen LogP contribution in [0.2, 0.25) is 0 Å². The van der Waals surface area contributed by atoms with Crippen LogP contribution in [0.3, 0.4) is 0 Å². The zero-order valence-corrected chi connectivity index (χ0v) is 9.30. The Morgan fingerprint density at radius 3 is 2.07 bits per heavy atom. The van der Waals surface area contributed by atoms with Gasteiger partial charge in [0.15, 0.2) is 0 Å². The van der Waals surface area contributed by atoms with E-state index in [4.69, 9.17) is 4.74 Å². The second-order valence-corrected chi connectivity index (χ2v) is 5.01. The molecular weight excluding hydrogens is 174 g/mol. The van der Waals surface area contributed by atoms with Crippen LogP contribution in [0, 0.1) is 5.92 Å². The zero-order chi connectivity index (χ0) is 9.80. The molecule has 1 aliphatic heterocycles. The molecule has 14 heavy (non-hydrogen) atoms. The van der Waals surface area contributed by atoms with Crippen molar-refractivity contribution in [3.63, 3.8) is 0 Å². The Morgan fingerprint density at radius 2 is 1.43 bits per heavy atom. The highest BCUT2D eigenvalue weighted by Gasteiger charge is 2.21. The van der Waals surface area contributed by atoms with Crippen molar-refractivity contribution in [2.24, 2.45) is 5.92 Å². The first kappa shape index (κ1) is 10.4. The van der Waals surface area contributed by atoms with E-state index in [1.165, 1.54) is 38.5 Å². The molecule has 1 saturated carbocycles. The lowest BCUT2D eigenvalue weighted by molar-refractivity contribution is 0.0724. The number of rotatable bonds is 2. The molecule has 0 aromatic rings. The number of ether oxygens (including phenoxy) is 1. The molecule has 2 fully saturated rings. The maximum atomic E-state index is 5.37. The Morgan fingerprint density at radius 1 is 0.857 bits per heavy atom. The van der Waals surface area contributed by atoms with Crippen LogP contribution in [0.5, 0.6) is 0 Å². The van der Waals surface area contributed by atoms with Crippen LogP contribution < -0.4 is 5.32 Å². The topological polar surface area (TPSA) is 21.3 Å². The SMILES string of the molecule is C[C@H]1CC[C@H](NC2CCOCC2)CC1. The third-order valence-corrected chi connectivity index (χ3v) is 3.71. The van der Waals surface area contributed by atoms with Gasteiger partial charge in [-0.1, -0.05) is 6.92 Å². The predicted molar refractivity (Wildman–Crippen MR) is 58.4 cm³/mol. The molecule has 0 unspecified atom stereocenters. The minimum atomic E-state index is 0.738. The van der Waals surface area contributed by atoms with E-state index < -0.39 is 0 Å². The molecule has 0 spiro atoms. The van der Waals surface area contributed by atoms with Crippen molar-refractivity contribution in [1.82, 2.24) is 5.32 Å². The van der Waals surface area contributed by atoms with Crippen LogP contribution in [-0.2, 0) is 4.74 Å². The smallest absolute Gasteiger partial charge is 0.0480 e. The third-order valence-electron chi connectivity index (χ3n) is 3.71. The summed E-state index contributed by atoms with van der Waals surface area (Å²) < 4.78 is 5.37. The van der Waals surface area contributed by atoms with Crippen molar-refractivity contribution in [3.8, 4) is 0 Å². The molecule has 1 saturated heterocycles. The summed E-state index contributed by atoms with van der Waals surface area (Å²) in [4.78, 5) is 0. The molecule has 0 amide bonds. The molecule has 0 radical (unpaired) electrons. The lowest BCUT2D eigenvalue weighted by atomic mass is 9.87. The maximum Gasteiger partial charge on any atom is 0.0480 e. The standard InChI is InChI=1S/C12H23NO/c1-10-2-4-11(5-3-10)13-12-6-8-14-9-7-12/h10-13H,2-9H2,1H3/t10-,11-. The molecule has 1 heterocycles. The summed E-state index contributed by atoms with van der Waals surface area (Å²) in [6.07, 6.45) is 8.04. The lowest BCUT2D eigenvalue weighted by Gasteiger charge is -2.32. The number of hydrogen-bond acceptors (Lipinski definition) is 2. The van der Waals surface area contributed by atoms with E-state index >= 15 is 0 Å². The van der Waals surface area contributed by atoms with Crippen LogP contribution in [0.25, 0.3) is 0 Å². The van der Waals surface area contributed by atoms with E-state index in [0.29, 0.717) is 0 Å². The Balaban J connectivity index is 1.68. The second-order valence-electron chi connectivity index (χ2n) is 5.01. The van der Waals surface area contributed by atoms with Crippen LogP contribution >= 0.6 is 0 Å². The van der Waals surface area contributed by atoms with E-state index in [9.17, 15) is 0 Å². The molecule has 1 aliphatic carbocycles. The zero-order valence-electron chi connectivity index (χ0n) is 9.30. The molecule has 1 N–H and O–H groups in total. The van der Waals surface area contributed by atoms with Gasteiger partial charge in [0.25, 0.3) is 0 Å².